The second kappa shape index (κ2) is 13.2. The number of hydrogen-bond donors (Lipinski definition) is 0. The highest BCUT2D eigenvalue weighted by Crippen LogP contribution is 2.64. The van der Waals surface area contributed by atoms with Gasteiger partial charge in [0.05, 0.1) is 16.5 Å². The first-order chi connectivity index (χ1) is 31.8. The molecule has 3 aliphatic carbocycles. The molecule has 1 aromatic heterocycles. The molecule has 1 heterocycles. The Morgan fingerprint density at radius 1 is 0.297 bits per heavy atom. The molecule has 0 bridgehead atoms. The number of para-hydroxylation sites is 2. The van der Waals surface area contributed by atoms with E-state index in [0.29, 0.717) is 0 Å². The lowest BCUT2D eigenvalue weighted by Gasteiger charge is -2.35. The Labute approximate surface area is 372 Å². The number of benzene rings is 10. The molecule has 0 saturated carbocycles. The highest BCUT2D eigenvalue weighted by Gasteiger charge is 2.52. The van der Waals surface area contributed by atoms with Crippen molar-refractivity contribution >= 4 is 39.0 Å². The molecular weight excluding hydrogens is 775 g/mol. The summed E-state index contributed by atoms with van der Waals surface area (Å²) >= 11 is 0. The maximum absolute atomic E-state index is 6.89. The minimum atomic E-state index is -0.548. The van der Waals surface area contributed by atoms with Gasteiger partial charge in [-0.3, -0.25) is 0 Å². The zero-order valence-corrected chi connectivity index (χ0v) is 34.9. The average molecular weight is 814 g/mol. The maximum Gasteiger partial charge on any atom is 0.159 e. The maximum atomic E-state index is 6.89. The highest BCUT2D eigenvalue weighted by atomic mass is 16.3. The Morgan fingerprint density at radius 2 is 0.750 bits per heavy atom. The van der Waals surface area contributed by atoms with Crippen LogP contribution in [0.3, 0.4) is 0 Å². The fourth-order valence-corrected chi connectivity index (χ4v) is 12.1. The molecule has 2 heteroatoms. The van der Waals surface area contributed by atoms with Crippen molar-refractivity contribution in [2.24, 2.45) is 0 Å². The van der Waals surface area contributed by atoms with Crippen LogP contribution < -0.4 is 4.90 Å². The SMILES string of the molecule is c1ccc(C2(c3ccccc3)c3ccccc3-c3ccc(N(c4ccc5c(c4)-c4ccccc4C54c5ccccc5-c5ccccc54)c4cccc5c4oc4ccccc45)cc32)cc1. The van der Waals surface area contributed by atoms with E-state index in [4.69, 9.17) is 4.42 Å². The van der Waals surface area contributed by atoms with E-state index in [1.165, 1.54) is 77.9 Å². The van der Waals surface area contributed by atoms with Crippen LogP contribution in [0.5, 0.6) is 0 Å². The van der Waals surface area contributed by atoms with Crippen LogP contribution in [0.2, 0.25) is 0 Å². The normalized spacial score (nSPS) is 14.2. The zero-order chi connectivity index (χ0) is 42.0. The van der Waals surface area contributed by atoms with Gasteiger partial charge in [-0.1, -0.05) is 200 Å². The van der Waals surface area contributed by atoms with Gasteiger partial charge in [-0.15, -0.1) is 0 Å². The third kappa shape index (κ3) is 4.49. The Bertz CT molecular complexity index is 3610. The molecule has 298 valence electrons. The first kappa shape index (κ1) is 35.4. The summed E-state index contributed by atoms with van der Waals surface area (Å²) in [6.45, 7) is 0. The van der Waals surface area contributed by atoms with Crippen molar-refractivity contribution in [2.75, 3.05) is 4.90 Å². The summed E-state index contributed by atoms with van der Waals surface area (Å²) in [5.41, 5.74) is 21.9. The smallest absolute Gasteiger partial charge is 0.159 e. The topological polar surface area (TPSA) is 16.4 Å². The summed E-state index contributed by atoms with van der Waals surface area (Å²) < 4.78 is 6.89. The lowest BCUT2D eigenvalue weighted by Crippen LogP contribution is -2.28. The molecule has 11 aromatic rings. The van der Waals surface area contributed by atoms with Crippen LogP contribution in [0.4, 0.5) is 17.1 Å². The summed E-state index contributed by atoms with van der Waals surface area (Å²) in [5.74, 6) is 0. The van der Waals surface area contributed by atoms with Crippen LogP contribution in [0, 0.1) is 0 Å². The summed E-state index contributed by atoms with van der Waals surface area (Å²) in [6.07, 6.45) is 0. The molecular formula is C62H39NO. The van der Waals surface area contributed by atoms with Gasteiger partial charge in [0, 0.05) is 22.1 Å². The van der Waals surface area contributed by atoms with Gasteiger partial charge in [0.1, 0.15) is 5.58 Å². The van der Waals surface area contributed by atoms with Crippen molar-refractivity contribution in [1.29, 1.82) is 0 Å². The van der Waals surface area contributed by atoms with E-state index in [2.05, 4.69) is 241 Å². The van der Waals surface area contributed by atoms with Crippen molar-refractivity contribution in [1.82, 2.24) is 0 Å². The standard InChI is InChI=1S/C62H39NO/c1-3-18-40(19-4-1)61(41-20-5-2-6-21-41)52-28-12-7-24-46(52)48-36-34-43(39-57(48)61)63(58-32-17-27-50-49-26-11-16-33-59(49)64-60(50)58)42-35-37-56-51(38-42)47-25-10-15-31-55(47)62(56)53-29-13-8-22-44(53)45-23-9-14-30-54(45)62/h1-39H. The first-order valence-electron chi connectivity index (χ1n) is 22.3. The molecule has 14 rings (SSSR count). The lowest BCUT2D eigenvalue weighted by atomic mass is 9.67. The van der Waals surface area contributed by atoms with Crippen LogP contribution in [0.1, 0.15) is 44.5 Å². The Morgan fingerprint density at radius 3 is 1.38 bits per heavy atom. The molecule has 3 aliphatic rings. The summed E-state index contributed by atoms with van der Waals surface area (Å²) in [4.78, 5) is 2.44. The monoisotopic (exact) mass is 813 g/mol. The van der Waals surface area contributed by atoms with Gasteiger partial charge in [-0.05, 0) is 114 Å². The van der Waals surface area contributed by atoms with Gasteiger partial charge in [0.2, 0.25) is 0 Å². The van der Waals surface area contributed by atoms with Gasteiger partial charge in [0.15, 0.2) is 5.58 Å². The Balaban J connectivity index is 1.06. The zero-order valence-electron chi connectivity index (χ0n) is 34.9. The van der Waals surface area contributed by atoms with Gasteiger partial charge >= 0.3 is 0 Å². The molecule has 0 aliphatic heterocycles. The summed E-state index contributed by atoms with van der Waals surface area (Å²) in [7, 11) is 0. The van der Waals surface area contributed by atoms with Crippen LogP contribution in [-0.2, 0) is 10.8 Å². The van der Waals surface area contributed by atoms with E-state index in [1.54, 1.807) is 0 Å². The number of hydrogen-bond acceptors (Lipinski definition) is 2. The van der Waals surface area contributed by atoms with Gasteiger partial charge in [-0.2, -0.15) is 0 Å². The highest BCUT2D eigenvalue weighted by molar-refractivity contribution is 6.10. The van der Waals surface area contributed by atoms with Gasteiger partial charge < -0.3 is 9.32 Å². The van der Waals surface area contributed by atoms with Crippen molar-refractivity contribution in [3.8, 4) is 33.4 Å². The van der Waals surface area contributed by atoms with Crippen LogP contribution in [-0.4, -0.2) is 0 Å². The van der Waals surface area contributed by atoms with Crippen LogP contribution in [0.15, 0.2) is 241 Å². The van der Waals surface area contributed by atoms with Crippen molar-refractivity contribution < 1.29 is 4.42 Å². The van der Waals surface area contributed by atoms with E-state index in [9.17, 15) is 0 Å². The second-order valence-corrected chi connectivity index (χ2v) is 17.5. The molecule has 0 radical (unpaired) electrons. The van der Waals surface area contributed by atoms with E-state index < -0.39 is 10.8 Å². The lowest BCUT2D eigenvalue weighted by molar-refractivity contribution is 0.669. The van der Waals surface area contributed by atoms with Gasteiger partial charge in [0.25, 0.3) is 0 Å². The number of rotatable bonds is 5. The molecule has 0 amide bonds. The number of fused-ring (bicyclic) bond motifs is 16. The number of furan rings is 1. The van der Waals surface area contributed by atoms with E-state index >= 15 is 0 Å². The van der Waals surface area contributed by atoms with Crippen LogP contribution >= 0.6 is 0 Å². The van der Waals surface area contributed by atoms with Crippen LogP contribution in [0.25, 0.3) is 55.3 Å². The van der Waals surface area contributed by atoms with E-state index in [1.807, 2.05) is 0 Å². The molecule has 0 fully saturated rings. The molecule has 1 spiro atoms. The number of nitrogens with zero attached hydrogens (tertiary/aromatic N) is 1. The average Bonchev–Trinajstić information content (AvgIpc) is 4.08. The summed E-state index contributed by atoms with van der Waals surface area (Å²) in [6, 6.07) is 87.6. The molecule has 0 atom stereocenters. The molecule has 10 aromatic carbocycles. The first-order valence-corrected chi connectivity index (χ1v) is 22.3. The quantitative estimate of drug-likeness (QED) is 0.172. The summed E-state index contributed by atoms with van der Waals surface area (Å²) in [5, 5.41) is 2.21. The third-order valence-corrected chi connectivity index (χ3v) is 14.6. The molecule has 2 nitrogen and oxygen atoms in total. The second-order valence-electron chi connectivity index (χ2n) is 17.5. The number of anilines is 3. The predicted molar refractivity (Wildman–Crippen MR) is 262 cm³/mol. The van der Waals surface area contributed by atoms with Crippen molar-refractivity contribution in [2.45, 2.75) is 10.8 Å². The molecule has 0 N–H and O–H groups in total. The Kier molecular flexibility index (Phi) is 7.28. The van der Waals surface area contributed by atoms with Crippen molar-refractivity contribution in [3.05, 3.63) is 281 Å². The molecule has 0 saturated heterocycles. The largest absolute Gasteiger partial charge is 0.454 e. The van der Waals surface area contributed by atoms with Gasteiger partial charge in [-0.25, -0.2) is 0 Å². The third-order valence-electron chi connectivity index (χ3n) is 14.6. The fourth-order valence-electron chi connectivity index (χ4n) is 12.1. The fraction of sp³-hybridized carbons (Fsp3) is 0.0323. The Hall–Kier alpha value is -8.20. The molecule has 64 heavy (non-hydrogen) atoms. The van der Waals surface area contributed by atoms with E-state index in [-0.39, 0.29) is 0 Å². The van der Waals surface area contributed by atoms with E-state index in [0.717, 1.165) is 39.0 Å². The van der Waals surface area contributed by atoms with Crippen molar-refractivity contribution in [3.63, 3.8) is 0 Å². The molecule has 0 unspecified atom stereocenters. The predicted octanol–water partition coefficient (Wildman–Crippen LogP) is 15.8. The minimum absolute atomic E-state index is 0.425. The minimum Gasteiger partial charge on any atom is -0.454 e.